The molecule has 0 amide bonds. The Morgan fingerprint density at radius 2 is 2.00 bits per heavy atom. The van der Waals surface area contributed by atoms with Crippen molar-refractivity contribution in [2.75, 3.05) is 0 Å². The molecule has 0 saturated carbocycles. The summed E-state index contributed by atoms with van der Waals surface area (Å²) in [6.07, 6.45) is 2.70. The van der Waals surface area contributed by atoms with Gasteiger partial charge in [-0.3, -0.25) is 0 Å². The van der Waals surface area contributed by atoms with E-state index in [9.17, 15) is 4.79 Å². The van der Waals surface area contributed by atoms with Crippen molar-refractivity contribution in [3.05, 3.63) is 35.9 Å². The monoisotopic (exact) mass is 256 g/mol. The summed E-state index contributed by atoms with van der Waals surface area (Å²) in [5.74, 6) is 0. The van der Waals surface area contributed by atoms with Crippen LogP contribution in [0.1, 0.15) is 18.4 Å². The Kier molecular flexibility index (Phi) is 4.88. The average Bonchev–Trinajstić information content (AvgIpc) is 2.19. The van der Waals surface area contributed by atoms with Crippen LogP contribution in [0, 0.1) is 0 Å². The number of benzene rings is 1. The Morgan fingerprint density at radius 3 is 2.57 bits per heavy atom. The van der Waals surface area contributed by atoms with E-state index in [1.54, 1.807) is 0 Å². The molecule has 0 aliphatic carbocycles. The van der Waals surface area contributed by atoms with Gasteiger partial charge in [-0.25, -0.2) is 0 Å². The molecule has 2 N–H and O–H groups in total. The number of nitrogens with two attached hydrogens (primary N) is 1. The third kappa shape index (κ3) is 4.05. The summed E-state index contributed by atoms with van der Waals surface area (Å²) in [6.45, 7) is 0. The van der Waals surface area contributed by atoms with E-state index in [0.29, 0.717) is 0 Å². The Bertz CT molecular complexity index is 287. The van der Waals surface area contributed by atoms with Gasteiger partial charge in [0.1, 0.15) is 0 Å². The molecule has 3 heteroatoms. The summed E-state index contributed by atoms with van der Waals surface area (Å²) in [7, 11) is 0. The van der Waals surface area contributed by atoms with Crippen LogP contribution >= 0.6 is 0 Å². The maximum absolute atomic E-state index is 10.8. The van der Waals surface area contributed by atoms with Crippen LogP contribution in [0.4, 0.5) is 0 Å². The fraction of sp³-hybridized carbons (Fsp3) is 0.364. The summed E-state index contributed by atoms with van der Waals surface area (Å²) < 4.78 is -0.0435. The zero-order valence-corrected chi connectivity index (χ0v) is 9.69. The predicted octanol–water partition coefficient (Wildman–Crippen LogP) is 1.03. The standard InChI is InChI=1S/C11H14NOSe/c12-10(11(13)14)8-4-7-9-5-2-1-3-6-9/h1-3,5-6,10H,4,7-8,12H2. The molecule has 1 rings (SSSR count). The fourth-order valence-corrected chi connectivity index (χ4v) is 1.54. The molecule has 1 radical (unpaired) electrons. The van der Waals surface area contributed by atoms with E-state index >= 15 is 0 Å². The predicted molar refractivity (Wildman–Crippen MR) is 58.1 cm³/mol. The van der Waals surface area contributed by atoms with Crippen molar-refractivity contribution < 1.29 is 4.79 Å². The van der Waals surface area contributed by atoms with Gasteiger partial charge < -0.3 is 0 Å². The summed E-state index contributed by atoms with van der Waals surface area (Å²) in [6, 6.07) is 9.89. The van der Waals surface area contributed by atoms with Crippen molar-refractivity contribution in [2.24, 2.45) is 5.73 Å². The Morgan fingerprint density at radius 1 is 1.36 bits per heavy atom. The molecule has 0 heterocycles. The number of rotatable bonds is 5. The van der Waals surface area contributed by atoms with Crippen LogP contribution in [0.25, 0.3) is 0 Å². The molecule has 0 aliphatic rings. The average molecular weight is 255 g/mol. The van der Waals surface area contributed by atoms with Crippen molar-refractivity contribution in [1.29, 1.82) is 0 Å². The van der Waals surface area contributed by atoms with Crippen LogP contribution in [0.15, 0.2) is 30.3 Å². The second-order valence-electron chi connectivity index (χ2n) is 3.30. The number of carbonyl (C=O) groups excluding carboxylic acids is 1. The van der Waals surface area contributed by atoms with Crippen LogP contribution in [0.3, 0.4) is 0 Å². The molecule has 0 fully saturated rings. The molecule has 1 aromatic rings. The minimum atomic E-state index is -0.335. The molecule has 14 heavy (non-hydrogen) atoms. The second kappa shape index (κ2) is 5.97. The van der Waals surface area contributed by atoms with E-state index in [0.717, 1.165) is 19.3 Å². The van der Waals surface area contributed by atoms with Gasteiger partial charge in [0.2, 0.25) is 0 Å². The zero-order chi connectivity index (χ0) is 10.4. The van der Waals surface area contributed by atoms with Gasteiger partial charge in [0.05, 0.1) is 0 Å². The van der Waals surface area contributed by atoms with Crippen LogP contribution < -0.4 is 5.73 Å². The van der Waals surface area contributed by atoms with Gasteiger partial charge in [-0.15, -0.1) is 0 Å². The first-order chi connectivity index (χ1) is 6.70. The molecule has 75 valence electrons. The van der Waals surface area contributed by atoms with Gasteiger partial charge in [-0.05, 0) is 0 Å². The van der Waals surface area contributed by atoms with Crippen molar-refractivity contribution in [3.8, 4) is 0 Å². The number of hydrogen-bond acceptors (Lipinski definition) is 2. The van der Waals surface area contributed by atoms with E-state index in [1.807, 2.05) is 18.2 Å². The van der Waals surface area contributed by atoms with Gasteiger partial charge in [0.15, 0.2) is 0 Å². The molecule has 0 aromatic heterocycles. The van der Waals surface area contributed by atoms with Crippen molar-refractivity contribution >= 4 is 20.7 Å². The van der Waals surface area contributed by atoms with Crippen LogP contribution in [-0.2, 0) is 11.2 Å². The molecule has 1 atom stereocenters. The van der Waals surface area contributed by atoms with E-state index in [1.165, 1.54) is 5.56 Å². The van der Waals surface area contributed by atoms with Gasteiger partial charge >= 0.3 is 92.4 Å². The van der Waals surface area contributed by atoms with E-state index in [4.69, 9.17) is 5.73 Å². The third-order valence-corrected chi connectivity index (χ3v) is 2.76. The molecule has 1 unspecified atom stereocenters. The number of hydrogen-bond donors (Lipinski definition) is 1. The summed E-state index contributed by atoms with van der Waals surface area (Å²) in [5.41, 5.74) is 6.90. The zero-order valence-electron chi connectivity index (χ0n) is 7.98. The molecule has 0 aliphatic heterocycles. The summed E-state index contributed by atoms with van der Waals surface area (Å²) in [4.78, 5) is 10.8. The Labute approximate surface area is 92.7 Å². The number of carbonyl (C=O) groups is 1. The van der Waals surface area contributed by atoms with Gasteiger partial charge in [0, 0.05) is 0 Å². The quantitative estimate of drug-likeness (QED) is 0.799. The first-order valence-electron chi connectivity index (χ1n) is 4.70. The molecule has 0 spiro atoms. The molecule has 1 aromatic carbocycles. The number of aryl methyl sites for hydroxylation is 1. The molecule has 2 nitrogen and oxygen atoms in total. The maximum atomic E-state index is 10.8. The van der Waals surface area contributed by atoms with Crippen LogP contribution in [0.2, 0.25) is 0 Å². The SMILES string of the molecule is NC(CCCc1ccccc1)C(=O)[Se]. The van der Waals surface area contributed by atoms with Gasteiger partial charge in [-0.2, -0.15) is 0 Å². The van der Waals surface area contributed by atoms with Gasteiger partial charge in [-0.1, -0.05) is 0 Å². The van der Waals surface area contributed by atoms with E-state index in [-0.39, 0.29) is 10.7 Å². The minimum absolute atomic E-state index is 0.0435. The fourth-order valence-electron chi connectivity index (χ4n) is 1.29. The van der Waals surface area contributed by atoms with E-state index in [2.05, 4.69) is 28.1 Å². The third-order valence-electron chi connectivity index (χ3n) is 2.13. The molecule has 0 bridgehead atoms. The van der Waals surface area contributed by atoms with Crippen molar-refractivity contribution in [2.45, 2.75) is 25.3 Å². The molecular weight excluding hydrogens is 241 g/mol. The van der Waals surface area contributed by atoms with Crippen LogP contribution in [-0.4, -0.2) is 26.7 Å². The topological polar surface area (TPSA) is 43.1 Å². The van der Waals surface area contributed by atoms with Crippen molar-refractivity contribution in [3.63, 3.8) is 0 Å². The first kappa shape index (κ1) is 11.4. The molecule has 0 saturated heterocycles. The second-order valence-corrected chi connectivity index (χ2v) is 4.15. The first-order valence-corrected chi connectivity index (χ1v) is 5.56. The van der Waals surface area contributed by atoms with E-state index < -0.39 is 0 Å². The normalized spacial score (nSPS) is 12.4. The Balaban J connectivity index is 2.26. The summed E-state index contributed by atoms with van der Waals surface area (Å²) in [5, 5.41) is 0. The van der Waals surface area contributed by atoms with Crippen molar-refractivity contribution in [1.82, 2.24) is 0 Å². The van der Waals surface area contributed by atoms with Crippen LogP contribution in [0.5, 0.6) is 0 Å². The van der Waals surface area contributed by atoms with Gasteiger partial charge in [0.25, 0.3) is 0 Å². The Hall–Kier alpha value is -0.631. The molecular formula is C11H14NOSe. The summed E-state index contributed by atoms with van der Waals surface area (Å²) >= 11 is 2.42.